The maximum absolute atomic E-state index is 13.9. The highest BCUT2D eigenvalue weighted by atomic mass is 31.2. The number of aromatic nitrogens is 4. The molecule has 3 N–H and O–H groups in total. The molecular formula is C58H84N5O8P. The van der Waals surface area contributed by atoms with Crippen LogP contribution >= 0.6 is 7.60 Å². The van der Waals surface area contributed by atoms with Gasteiger partial charge in [0.05, 0.1) is 35.5 Å². The summed E-state index contributed by atoms with van der Waals surface area (Å²) < 4.78 is 30.0. The molecule has 6 rings (SSSR count). The number of nitrogens with zero attached hydrogens (tertiary/aromatic N) is 3. The number of unbranched alkanes of at least 4 members (excludes halogenated alkanes) is 12. The van der Waals surface area contributed by atoms with Gasteiger partial charge in [0, 0.05) is 76.8 Å². The third kappa shape index (κ3) is 15.0. The van der Waals surface area contributed by atoms with E-state index in [-0.39, 0.29) is 75.1 Å². The molecule has 8 bridgehead atoms. The molecule has 72 heavy (non-hydrogen) atoms. The summed E-state index contributed by atoms with van der Waals surface area (Å²) >= 11 is 0. The van der Waals surface area contributed by atoms with Crippen molar-refractivity contribution in [2.75, 3.05) is 40.0 Å². The maximum atomic E-state index is 13.9. The molecule has 0 aromatic carbocycles. The van der Waals surface area contributed by atoms with Crippen molar-refractivity contribution in [1.29, 1.82) is 0 Å². The Bertz CT molecular complexity index is 2590. The van der Waals surface area contributed by atoms with Crippen molar-refractivity contribution in [2.45, 2.75) is 188 Å². The van der Waals surface area contributed by atoms with Gasteiger partial charge in [-0.2, -0.15) is 0 Å². The molecule has 2 aromatic heterocycles. The highest BCUT2D eigenvalue weighted by molar-refractivity contribution is 7.52. The first-order valence-corrected chi connectivity index (χ1v) is 28.9. The quantitative estimate of drug-likeness (QED) is 0.0385. The molecule has 4 aliphatic rings. The van der Waals surface area contributed by atoms with Crippen LogP contribution < -0.4 is 0 Å². The number of rotatable bonds is 30. The van der Waals surface area contributed by atoms with Crippen molar-refractivity contribution in [3.63, 3.8) is 0 Å². The number of carbonyl (C=O) groups is 3. The Balaban J connectivity index is 1.17. The number of hydrogen-bond donors (Lipinski definition) is 3. The number of Topliss-reactive ketones (excluding diaryl/α,β-unsaturated/α-hetero) is 1. The van der Waals surface area contributed by atoms with Crippen LogP contribution in [0.1, 0.15) is 213 Å². The van der Waals surface area contributed by atoms with Crippen LogP contribution in [-0.4, -0.2) is 93.6 Å². The summed E-state index contributed by atoms with van der Waals surface area (Å²) in [5, 5.41) is 0. The highest BCUT2D eigenvalue weighted by Crippen LogP contribution is 2.47. The lowest BCUT2D eigenvalue weighted by atomic mass is 9.85. The van der Waals surface area contributed by atoms with E-state index in [0.717, 1.165) is 93.0 Å². The van der Waals surface area contributed by atoms with Gasteiger partial charge in [0.15, 0.2) is 5.78 Å². The molecule has 4 atom stereocenters. The van der Waals surface area contributed by atoms with Gasteiger partial charge in [0.2, 0.25) is 0 Å². The zero-order valence-electron chi connectivity index (χ0n) is 44.8. The standard InChI is InChI=1S/C58H84N5O8P/c1-10-13-14-15-16-17-18-19-20-21-22-23-24-27-54(65)69-37-42(26-25-32-72(67,68)70-31-30-63(8)9)71-55(66)29-28-45-40(6)49-34-47-38(4)43(11-2)51(59-47)35-48-39(5)44(12-3)52(60-48)36-50-41(7)56-53(64)33-46(57(45)61-49)58(56)62-50/h11,34-36,40,42,45,60-61H,2,10,12-33,37H2,1,3-9H3,(H,67,68). The average molecular weight is 1010 g/mol. The first-order chi connectivity index (χ1) is 34.5. The van der Waals surface area contributed by atoms with E-state index in [2.05, 4.69) is 69.4 Å². The summed E-state index contributed by atoms with van der Waals surface area (Å²) in [7, 11) is -0.166. The summed E-state index contributed by atoms with van der Waals surface area (Å²) in [5.74, 6) is -1.09. The number of H-pyrrole nitrogens is 2. The number of esters is 2. The third-order valence-corrected chi connectivity index (χ3v) is 16.5. The Hall–Kier alpha value is -4.68. The number of carbonyl (C=O) groups excluding carboxylic acids is 3. The van der Waals surface area contributed by atoms with Gasteiger partial charge in [-0.3, -0.25) is 18.9 Å². The van der Waals surface area contributed by atoms with Crippen molar-refractivity contribution in [3.05, 3.63) is 81.7 Å². The number of ether oxygens (including phenoxy) is 2. The molecule has 0 radical (unpaired) electrons. The Kier molecular flexibility index (Phi) is 21.3. The molecule has 13 nitrogen and oxygen atoms in total. The van der Waals surface area contributed by atoms with Crippen molar-refractivity contribution in [1.82, 2.24) is 24.8 Å². The van der Waals surface area contributed by atoms with E-state index < -0.39 is 19.7 Å². The predicted octanol–water partition coefficient (Wildman–Crippen LogP) is 13.2. The minimum Gasteiger partial charge on any atom is -0.462 e. The number of allylic oxidation sites excluding steroid dienone is 5. The molecule has 0 saturated heterocycles. The Morgan fingerprint density at radius 1 is 0.861 bits per heavy atom. The number of ketones is 1. The van der Waals surface area contributed by atoms with Crippen LogP contribution in [0.2, 0.25) is 0 Å². The fourth-order valence-electron chi connectivity index (χ4n) is 10.6. The molecular weight excluding hydrogens is 926 g/mol. The number of aromatic amines is 2. The topological polar surface area (TPSA) is 177 Å². The fourth-order valence-corrected chi connectivity index (χ4v) is 11.7. The average Bonchev–Trinajstić information content (AvgIpc) is 4.10. The van der Waals surface area contributed by atoms with E-state index in [4.69, 9.17) is 24.0 Å². The first kappa shape index (κ1) is 56.6. The van der Waals surface area contributed by atoms with Gasteiger partial charge >= 0.3 is 19.5 Å². The van der Waals surface area contributed by atoms with Crippen LogP contribution in [0, 0.1) is 6.92 Å². The van der Waals surface area contributed by atoms with Gasteiger partial charge in [0.1, 0.15) is 12.7 Å². The van der Waals surface area contributed by atoms with Gasteiger partial charge in [-0.15, -0.1) is 0 Å². The second kappa shape index (κ2) is 27.0. The second-order valence-electron chi connectivity index (χ2n) is 20.7. The maximum Gasteiger partial charge on any atom is 0.328 e. The van der Waals surface area contributed by atoms with Crippen LogP contribution in [0.15, 0.2) is 30.9 Å². The zero-order valence-corrected chi connectivity index (χ0v) is 45.7. The molecule has 394 valence electrons. The summed E-state index contributed by atoms with van der Waals surface area (Å²) in [4.78, 5) is 70.9. The number of aryl methyl sites for hydroxylation is 2. The lowest BCUT2D eigenvalue weighted by molar-refractivity contribution is -0.159. The van der Waals surface area contributed by atoms with E-state index in [1.165, 1.54) is 69.8 Å². The van der Waals surface area contributed by atoms with Crippen molar-refractivity contribution in [2.24, 2.45) is 0 Å². The second-order valence-corrected chi connectivity index (χ2v) is 22.7. The van der Waals surface area contributed by atoms with Crippen molar-refractivity contribution < 1.29 is 37.8 Å². The monoisotopic (exact) mass is 1010 g/mol. The molecule has 0 saturated carbocycles. The number of hydrogen-bond acceptors (Lipinski definition) is 10. The largest absolute Gasteiger partial charge is 0.462 e. The number of nitrogens with one attached hydrogen (secondary N) is 2. The van der Waals surface area contributed by atoms with Crippen molar-refractivity contribution in [3.8, 4) is 0 Å². The Morgan fingerprint density at radius 2 is 1.51 bits per heavy atom. The SMILES string of the molecule is C=CC1=C(C)c2cc3[nH]c(c4c5nc(cc6[nH]c(cc1n2)c(C)c6CC)C(C)=C5C(=O)C4)C(CCC(=O)OC(CCCP(=O)(O)OCCN(C)C)COC(=O)CCCCCCCCCCCCCCC)C3C. The molecule has 4 unspecified atom stereocenters. The van der Waals surface area contributed by atoms with E-state index in [1.54, 1.807) is 0 Å². The van der Waals surface area contributed by atoms with Crippen LogP contribution in [-0.2, 0) is 45.8 Å². The Morgan fingerprint density at radius 3 is 2.17 bits per heavy atom. The molecule has 0 fully saturated rings. The molecule has 1 aliphatic carbocycles. The lowest BCUT2D eigenvalue weighted by Gasteiger charge is -2.21. The molecule has 14 heteroatoms. The lowest BCUT2D eigenvalue weighted by Crippen LogP contribution is -2.26. The minimum absolute atomic E-state index is 0.0199. The molecule has 0 spiro atoms. The van der Waals surface area contributed by atoms with Crippen LogP contribution in [0.4, 0.5) is 0 Å². The third-order valence-electron chi connectivity index (χ3n) is 15.0. The Labute approximate surface area is 429 Å². The van der Waals surface area contributed by atoms with E-state index in [1.807, 2.05) is 32.0 Å². The molecule has 5 heterocycles. The van der Waals surface area contributed by atoms with Crippen molar-refractivity contribution >= 4 is 58.6 Å². The van der Waals surface area contributed by atoms with Crippen LogP contribution in [0.3, 0.4) is 0 Å². The first-order valence-electron chi connectivity index (χ1n) is 27.1. The van der Waals surface area contributed by atoms with Gasteiger partial charge in [-0.25, -0.2) is 9.97 Å². The van der Waals surface area contributed by atoms with Gasteiger partial charge in [-0.05, 0) is 107 Å². The van der Waals surface area contributed by atoms with E-state index in [0.29, 0.717) is 24.2 Å². The summed E-state index contributed by atoms with van der Waals surface area (Å²) in [6.07, 6.45) is 18.8. The molecule has 2 aromatic rings. The minimum atomic E-state index is -3.89. The predicted molar refractivity (Wildman–Crippen MR) is 290 cm³/mol. The molecule has 0 amide bonds. The van der Waals surface area contributed by atoms with Gasteiger partial charge < -0.3 is 33.8 Å². The number of likely N-dealkylation sites (N-methyl/N-ethyl adjacent to an activating group) is 1. The van der Waals surface area contributed by atoms with E-state index >= 15 is 0 Å². The fraction of sp³-hybridized carbons (Fsp3) is 0.603. The zero-order chi connectivity index (χ0) is 52.0. The summed E-state index contributed by atoms with van der Waals surface area (Å²) in [6, 6.07) is 6.21. The van der Waals surface area contributed by atoms with E-state index in [9.17, 15) is 23.8 Å². The number of fused-ring (bicyclic) bond motifs is 8. The smallest absolute Gasteiger partial charge is 0.328 e. The highest BCUT2D eigenvalue weighted by Gasteiger charge is 2.39. The van der Waals surface area contributed by atoms with Crippen LogP contribution in [0.5, 0.6) is 0 Å². The normalized spacial score (nSPS) is 17.2. The summed E-state index contributed by atoms with van der Waals surface area (Å²) in [5.41, 5.74) is 13.3. The van der Waals surface area contributed by atoms with Gasteiger partial charge in [0.25, 0.3) is 0 Å². The van der Waals surface area contributed by atoms with Gasteiger partial charge in [-0.1, -0.05) is 110 Å². The molecule has 3 aliphatic heterocycles. The van der Waals surface area contributed by atoms with Crippen LogP contribution in [0.25, 0.3) is 33.3 Å². The summed E-state index contributed by atoms with van der Waals surface area (Å²) in [6.45, 7) is 17.3.